The lowest BCUT2D eigenvalue weighted by atomic mass is 9.93. The van der Waals surface area contributed by atoms with E-state index in [0.717, 1.165) is 29.3 Å². The van der Waals surface area contributed by atoms with Crippen LogP contribution in [-0.4, -0.2) is 40.8 Å². The second-order valence-electron chi connectivity index (χ2n) is 8.09. The molecule has 2 heterocycles. The Kier molecular flexibility index (Phi) is 4.58. The Bertz CT molecular complexity index is 884. The summed E-state index contributed by atoms with van der Waals surface area (Å²) >= 11 is 0. The van der Waals surface area contributed by atoms with Crippen LogP contribution in [0.5, 0.6) is 0 Å². The molecule has 1 aliphatic heterocycles. The van der Waals surface area contributed by atoms with Gasteiger partial charge in [-0.1, -0.05) is 0 Å². The van der Waals surface area contributed by atoms with E-state index in [1.54, 1.807) is 23.2 Å². The van der Waals surface area contributed by atoms with Gasteiger partial charge in [-0.25, -0.2) is 4.39 Å². The second kappa shape index (κ2) is 6.91. The number of nitrogens with one attached hydrogen (secondary N) is 1. The van der Waals surface area contributed by atoms with Crippen molar-refractivity contribution >= 4 is 22.7 Å². The zero-order valence-corrected chi connectivity index (χ0v) is 15.6. The quantitative estimate of drug-likeness (QED) is 0.828. The van der Waals surface area contributed by atoms with Gasteiger partial charge in [-0.3, -0.25) is 14.6 Å². The number of pyridine rings is 1. The Morgan fingerprint density at radius 1 is 1.19 bits per heavy atom. The highest BCUT2D eigenvalue weighted by Gasteiger charge is 2.44. The molecule has 5 nitrogen and oxygen atoms in total. The van der Waals surface area contributed by atoms with E-state index in [1.807, 2.05) is 19.9 Å². The summed E-state index contributed by atoms with van der Waals surface area (Å²) in [5.41, 5.74) is 1.96. The van der Waals surface area contributed by atoms with E-state index in [-0.39, 0.29) is 11.9 Å². The number of nitrogens with zero attached hydrogens (tertiary/aromatic N) is 2. The predicted molar refractivity (Wildman–Crippen MR) is 101 cm³/mol. The molecule has 6 heteroatoms. The number of hydrogen-bond donors (Lipinski definition) is 1. The van der Waals surface area contributed by atoms with Crippen LogP contribution in [0.1, 0.15) is 38.2 Å². The lowest BCUT2D eigenvalue weighted by molar-refractivity contribution is -0.145. The molecule has 1 saturated carbocycles. The summed E-state index contributed by atoms with van der Waals surface area (Å²) in [6.45, 7) is 4.94. The molecule has 0 bridgehead atoms. The Morgan fingerprint density at radius 2 is 1.89 bits per heavy atom. The third-order valence-electron chi connectivity index (χ3n) is 5.83. The van der Waals surface area contributed by atoms with Crippen molar-refractivity contribution in [2.75, 3.05) is 13.1 Å². The lowest BCUT2D eigenvalue weighted by Crippen LogP contribution is -2.44. The van der Waals surface area contributed by atoms with Crippen molar-refractivity contribution in [3.8, 4) is 0 Å². The first kappa shape index (κ1) is 17.9. The smallest absolute Gasteiger partial charge is 0.311 e. The molecule has 1 unspecified atom stereocenters. The fourth-order valence-electron chi connectivity index (χ4n) is 4.68. The molecule has 2 amide bonds. The normalized spacial score (nSPS) is 24.4. The van der Waals surface area contributed by atoms with E-state index in [1.165, 1.54) is 6.07 Å². The zero-order valence-electron chi connectivity index (χ0n) is 15.6. The van der Waals surface area contributed by atoms with Gasteiger partial charge in [-0.05, 0) is 74.3 Å². The maximum atomic E-state index is 13.7. The number of halogens is 1. The maximum Gasteiger partial charge on any atom is 0.311 e. The highest BCUT2D eigenvalue weighted by Crippen LogP contribution is 2.47. The van der Waals surface area contributed by atoms with Gasteiger partial charge in [0.05, 0.1) is 5.52 Å². The second-order valence-corrected chi connectivity index (χ2v) is 8.09. The Hall–Kier alpha value is -2.50. The molecule has 1 aromatic heterocycles. The third kappa shape index (κ3) is 3.40. The first-order valence-corrected chi connectivity index (χ1v) is 9.56. The van der Waals surface area contributed by atoms with E-state index >= 15 is 0 Å². The van der Waals surface area contributed by atoms with E-state index in [2.05, 4.69) is 10.3 Å². The maximum absolute atomic E-state index is 13.7. The lowest BCUT2D eigenvalue weighted by Gasteiger charge is -2.20. The minimum absolute atomic E-state index is 0.0479. The van der Waals surface area contributed by atoms with Crippen molar-refractivity contribution in [2.45, 2.75) is 38.6 Å². The van der Waals surface area contributed by atoms with Gasteiger partial charge >= 0.3 is 11.8 Å². The molecule has 0 radical (unpaired) electrons. The van der Waals surface area contributed by atoms with Gasteiger partial charge in [0.15, 0.2) is 0 Å². The summed E-state index contributed by atoms with van der Waals surface area (Å²) in [6, 6.07) is 6.67. The molecule has 2 fully saturated rings. The summed E-state index contributed by atoms with van der Waals surface area (Å²) in [6.07, 6.45) is 3.70. The average Bonchev–Trinajstić information content (AvgIpc) is 3.18. The van der Waals surface area contributed by atoms with E-state index in [9.17, 15) is 14.0 Å². The van der Waals surface area contributed by atoms with Crippen LogP contribution in [0, 0.1) is 17.7 Å². The molecule has 1 saturated heterocycles. The van der Waals surface area contributed by atoms with Crippen molar-refractivity contribution in [1.82, 2.24) is 15.2 Å². The van der Waals surface area contributed by atoms with Crippen molar-refractivity contribution in [1.29, 1.82) is 0 Å². The zero-order chi connectivity index (χ0) is 19.1. The highest BCUT2D eigenvalue weighted by atomic mass is 19.1. The van der Waals surface area contributed by atoms with Gasteiger partial charge in [0.1, 0.15) is 5.82 Å². The molecule has 4 rings (SSSR count). The number of benzene rings is 1. The molecule has 1 aliphatic carbocycles. The highest BCUT2D eigenvalue weighted by molar-refractivity contribution is 6.35. The molecule has 27 heavy (non-hydrogen) atoms. The van der Waals surface area contributed by atoms with Crippen molar-refractivity contribution in [2.24, 2.45) is 11.8 Å². The van der Waals surface area contributed by atoms with Crippen LogP contribution in [0.2, 0.25) is 0 Å². The molecule has 0 spiro atoms. The number of likely N-dealkylation sites (tertiary alicyclic amines) is 1. The van der Waals surface area contributed by atoms with Crippen LogP contribution in [0.25, 0.3) is 10.9 Å². The molecule has 1 N–H and O–H groups in total. The Balaban J connectivity index is 1.47. The average molecular weight is 369 g/mol. The van der Waals surface area contributed by atoms with Gasteiger partial charge in [-0.2, -0.15) is 0 Å². The molecular formula is C21H24FN3O2. The van der Waals surface area contributed by atoms with Gasteiger partial charge in [-0.15, -0.1) is 0 Å². The topological polar surface area (TPSA) is 62.3 Å². The number of aromatic nitrogens is 1. The van der Waals surface area contributed by atoms with Crippen LogP contribution in [0.3, 0.4) is 0 Å². The summed E-state index contributed by atoms with van der Waals surface area (Å²) in [4.78, 5) is 30.3. The number of carbonyl (C=O) groups is 2. The predicted octanol–water partition coefficient (Wildman–Crippen LogP) is 2.85. The van der Waals surface area contributed by atoms with Crippen molar-refractivity contribution < 1.29 is 14.0 Å². The van der Waals surface area contributed by atoms with Crippen LogP contribution in [0.4, 0.5) is 4.39 Å². The van der Waals surface area contributed by atoms with E-state index < -0.39 is 11.8 Å². The summed E-state index contributed by atoms with van der Waals surface area (Å²) in [5, 5.41) is 3.55. The van der Waals surface area contributed by atoms with Crippen LogP contribution in [-0.2, 0) is 9.59 Å². The molecule has 3 atom stereocenters. The van der Waals surface area contributed by atoms with Gasteiger partial charge in [0.2, 0.25) is 0 Å². The van der Waals surface area contributed by atoms with Gasteiger partial charge in [0.25, 0.3) is 0 Å². The number of amides is 2. The number of rotatable bonds is 2. The summed E-state index contributed by atoms with van der Waals surface area (Å²) in [7, 11) is 0. The molecular weight excluding hydrogens is 345 g/mol. The summed E-state index contributed by atoms with van der Waals surface area (Å²) in [5.74, 6) is -0.0646. The van der Waals surface area contributed by atoms with Crippen molar-refractivity contribution in [3.63, 3.8) is 0 Å². The van der Waals surface area contributed by atoms with E-state index in [4.69, 9.17) is 0 Å². The van der Waals surface area contributed by atoms with Gasteiger partial charge in [0, 0.05) is 30.7 Å². The van der Waals surface area contributed by atoms with Crippen LogP contribution < -0.4 is 5.32 Å². The molecule has 1 aromatic carbocycles. The van der Waals surface area contributed by atoms with E-state index in [0.29, 0.717) is 30.8 Å². The standard InChI is InChI=1S/C21H24FN3O2/c1-12(2)24-20(26)21(27)25-10-14-7-13(8-15(14)11-25)17-5-6-23-19-4-3-16(22)9-18(17)19/h3-6,9,12-15H,7-8,10-11H2,1-2H3,(H,24,26)/t13?,14-,15+. The molecule has 2 aromatic rings. The Morgan fingerprint density at radius 3 is 2.56 bits per heavy atom. The largest absolute Gasteiger partial charge is 0.346 e. The monoisotopic (exact) mass is 369 g/mol. The molecule has 2 aliphatic rings. The SMILES string of the molecule is CC(C)NC(=O)C(=O)N1C[C@H]2CC(c3ccnc4ccc(F)cc34)C[C@H]2C1. The minimum Gasteiger partial charge on any atom is -0.346 e. The fourth-order valence-corrected chi connectivity index (χ4v) is 4.68. The first-order chi connectivity index (χ1) is 12.9. The first-order valence-electron chi connectivity index (χ1n) is 9.56. The number of fused-ring (bicyclic) bond motifs is 2. The van der Waals surface area contributed by atoms with Gasteiger partial charge < -0.3 is 10.2 Å². The number of hydrogen-bond acceptors (Lipinski definition) is 3. The van der Waals surface area contributed by atoms with Crippen LogP contribution >= 0.6 is 0 Å². The third-order valence-corrected chi connectivity index (χ3v) is 5.83. The molecule has 142 valence electrons. The fraction of sp³-hybridized carbons (Fsp3) is 0.476. The minimum atomic E-state index is -0.517. The van der Waals surface area contributed by atoms with Crippen molar-refractivity contribution in [3.05, 3.63) is 41.8 Å². The summed E-state index contributed by atoms with van der Waals surface area (Å²) < 4.78 is 13.7. The number of carbonyl (C=O) groups excluding carboxylic acids is 2. The Labute approximate surface area is 157 Å². The van der Waals surface area contributed by atoms with Crippen LogP contribution in [0.15, 0.2) is 30.5 Å².